The number of hydrogen-bond acceptors (Lipinski definition) is 1. The molecule has 0 atom stereocenters. The predicted octanol–water partition coefficient (Wildman–Crippen LogP) is 6.40. The number of fused-ring (bicyclic) bond motifs is 1. The van der Waals surface area contributed by atoms with Crippen molar-refractivity contribution in [2.45, 2.75) is 26.4 Å². The predicted molar refractivity (Wildman–Crippen MR) is 124 cm³/mol. The van der Waals surface area contributed by atoms with Crippen LogP contribution in [0.1, 0.15) is 35.0 Å². The lowest BCUT2D eigenvalue weighted by atomic mass is 10.0. The quantitative estimate of drug-likeness (QED) is 0.342. The highest BCUT2D eigenvalue weighted by Gasteiger charge is 2.19. The summed E-state index contributed by atoms with van der Waals surface area (Å²) in [5.74, 6) is 0.0687. The summed E-state index contributed by atoms with van der Waals surface area (Å²) < 4.78 is 2.17. The molecular formula is C26H25ClN2O. The summed E-state index contributed by atoms with van der Waals surface area (Å²) in [6.45, 7) is 4.06. The number of hydrogen-bond donors (Lipinski definition) is 0. The summed E-state index contributed by atoms with van der Waals surface area (Å²) >= 11 is 6.36. The third kappa shape index (κ3) is 4.27. The molecule has 0 bridgehead atoms. The van der Waals surface area contributed by atoms with Gasteiger partial charge in [-0.05, 0) is 47.0 Å². The second kappa shape index (κ2) is 9.19. The minimum atomic E-state index is 0.0687. The molecule has 30 heavy (non-hydrogen) atoms. The highest BCUT2D eigenvalue weighted by molar-refractivity contribution is 6.31. The zero-order valence-corrected chi connectivity index (χ0v) is 17.8. The van der Waals surface area contributed by atoms with E-state index in [-0.39, 0.29) is 5.91 Å². The lowest BCUT2D eigenvalue weighted by Gasteiger charge is -2.24. The van der Waals surface area contributed by atoms with E-state index in [1.807, 2.05) is 83.9 Å². The molecule has 0 aliphatic heterocycles. The van der Waals surface area contributed by atoms with E-state index in [0.717, 1.165) is 39.0 Å². The van der Waals surface area contributed by atoms with Crippen molar-refractivity contribution >= 4 is 28.3 Å². The van der Waals surface area contributed by atoms with Crippen molar-refractivity contribution < 1.29 is 4.79 Å². The molecule has 0 spiro atoms. The first-order chi connectivity index (χ1) is 14.7. The Hall–Kier alpha value is -3.04. The monoisotopic (exact) mass is 416 g/mol. The summed E-state index contributed by atoms with van der Waals surface area (Å²) in [4.78, 5) is 15.4. The zero-order chi connectivity index (χ0) is 20.9. The van der Waals surface area contributed by atoms with Crippen molar-refractivity contribution in [3.8, 4) is 0 Å². The fraction of sp³-hybridized carbons (Fsp3) is 0.192. The Labute approximate surface area is 182 Å². The van der Waals surface area contributed by atoms with Crippen LogP contribution in [0.2, 0.25) is 5.02 Å². The maximum Gasteiger partial charge on any atom is 0.254 e. The average molecular weight is 417 g/mol. The van der Waals surface area contributed by atoms with Crippen molar-refractivity contribution in [3.05, 3.63) is 107 Å². The van der Waals surface area contributed by atoms with Gasteiger partial charge >= 0.3 is 0 Å². The third-order valence-electron chi connectivity index (χ3n) is 5.38. The molecule has 0 aliphatic rings. The lowest BCUT2D eigenvalue weighted by molar-refractivity contribution is 0.0741. The third-order valence-corrected chi connectivity index (χ3v) is 5.74. The van der Waals surface area contributed by atoms with E-state index in [0.29, 0.717) is 19.6 Å². The maximum atomic E-state index is 13.5. The van der Waals surface area contributed by atoms with Gasteiger partial charge in [0.25, 0.3) is 5.91 Å². The van der Waals surface area contributed by atoms with Crippen LogP contribution in [-0.2, 0) is 13.1 Å². The average Bonchev–Trinajstić information content (AvgIpc) is 3.21. The number of aromatic nitrogens is 1. The van der Waals surface area contributed by atoms with E-state index in [9.17, 15) is 4.79 Å². The van der Waals surface area contributed by atoms with E-state index in [4.69, 9.17) is 11.6 Å². The normalized spacial score (nSPS) is 11.0. The Kier molecular flexibility index (Phi) is 6.20. The molecule has 4 heteroatoms. The Bertz CT molecular complexity index is 1160. The van der Waals surface area contributed by atoms with E-state index in [1.54, 1.807) is 0 Å². The van der Waals surface area contributed by atoms with Crippen molar-refractivity contribution in [2.75, 3.05) is 6.54 Å². The number of carbonyl (C=O) groups is 1. The van der Waals surface area contributed by atoms with Gasteiger partial charge in [-0.25, -0.2) is 0 Å². The molecule has 152 valence electrons. The van der Waals surface area contributed by atoms with Crippen LogP contribution in [0.25, 0.3) is 10.8 Å². The largest absolute Gasteiger partial charge is 0.345 e. The molecule has 0 saturated heterocycles. The zero-order valence-electron chi connectivity index (χ0n) is 17.1. The molecule has 0 unspecified atom stereocenters. The van der Waals surface area contributed by atoms with Gasteiger partial charge in [-0.3, -0.25) is 4.79 Å². The van der Waals surface area contributed by atoms with Gasteiger partial charge in [-0.1, -0.05) is 73.1 Å². The number of rotatable bonds is 7. The van der Waals surface area contributed by atoms with Gasteiger partial charge in [0.15, 0.2) is 0 Å². The van der Waals surface area contributed by atoms with E-state index in [1.165, 1.54) is 0 Å². The first-order valence-corrected chi connectivity index (χ1v) is 10.7. The van der Waals surface area contributed by atoms with Crippen LogP contribution >= 0.6 is 11.6 Å². The molecule has 0 aliphatic carbocycles. The molecule has 3 aromatic carbocycles. The van der Waals surface area contributed by atoms with Crippen molar-refractivity contribution in [1.82, 2.24) is 9.47 Å². The number of halogens is 1. The smallest absolute Gasteiger partial charge is 0.254 e. The summed E-state index contributed by atoms with van der Waals surface area (Å²) in [6.07, 6.45) is 2.95. The molecule has 0 fully saturated rings. The summed E-state index contributed by atoms with van der Waals surface area (Å²) in [6, 6.07) is 26.0. The van der Waals surface area contributed by atoms with Gasteiger partial charge in [0.1, 0.15) is 0 Å². The Morgan fingerprint density at radius 3 is 2.53 bits per heavy atom. The highest BCUT2D eigenvalue weighted by atomic mass is 35.5. The van der Waals surface area contributed by atoms with Gasteiger partial charge < -0.3 is 9.47 Å². The van der Waals surface area contributed by atoms with Gasteiger partial charge in [0.2, 0.25) is 0 Å². The van der Waals surface area contributed by atoms with E-state index >= 15 is 0 Å². The fourth-order valence-electron chi connectivity index (χ4n) is 3.86. The Balaban J connectivity index is 1.61. The molecule has 4 rings (SSSR count). The first kappa shape index (κ1) is 20.2. The van der Waals surface area contributed by atoms with Gasteiger partial charge in [0.05, 0.1) is 6.54 Å². The van der Waals surface area contributed by atoms with Crippen LogP contribution < -0.4 is 0 Å². The van der Waals surface area contributed by atoms with Gasteiger partial charge in [-0.15, -0.1) is 0 Å². The number of nitrogens with zero attached hydrogens (tertiary/aromatic N) is 2. The van der Waals surface area contributed by atoms with Crippen LogP contribution in [0.4, 0.5) is 0 Å². The van der Waals surface area contributed by atoms with Gasteiger partial charge in [0, 0.05) is 35.6 Å². The second-order valence-corrected chi connectivity index (χ2v) is 7.88. The maximum absolute atomic E-state index is 13.5. The Morgan fingerprint density at radius 2 is 1.70 bits per heavy atom. The number of carbonyl (C=O) groups excluding carboxylic acids is 1. The minimum Gasteiger partial charge on any atom is -0.345 e. The second-order valence-electron chi connectivity index (χ2n) is 7.47. The van der Waals surface area contributed by atoms with Crippen LogP contribution in [0.3, 0.4) is 0 Å². The molecule has 0 radical (unpaired) electrons. The first-order valence-electron chi connectivity index (χ1n) is 10.3. The Morgan fingerprint density at radius 1 is 0.933 bits per heavy atom. The molecule has 4 aromatic rings. The summed E-state index contributed by atoms with van der Waals surface area (Å²) in [5.41, 5.74) is 2.92. The van der Waals surface area contributed by atoms with Crippen molar-refractivity contribution in [1.29, 1.82) is 0 Å². The van der Waals surface area contributed by atoms with Crippen LogP contribution in [-0.4, -0.2) is 21.9 Å². The van der Waals surface area contributed by atoms with Crippen LogP contribution in [0, 0.1) is 0 Å². The molecule has 3 nitrogen and oxygen atoms in total. The standard InChI is InChI=1S/C26H25ClN2O/c1-2-16-29(26(30)24-14-7-11-20-9-3-5-13-23(20)24)19-22-12-8-17-28(22)18-21-10-4-6-15-25(21)27/h3-15,17H,2,16,18-19H2,1H3. The summed E-state index contributed by atoms with van der Waals surface area (Å²) in [7, 11) is 0. The van der Waals surface area contributed by atoms with Crippen molar-refractivity contribution in [3.63, 3.8) is 0 Å². The van der Waals surface area contributed by atoms with Gasteiger partial charge in [-0.2, -0.15) is 0 Å². The van der Waals surface area contributed by atoms with Crippen LogP contribution in [0.15, 0.2) is 85.1 Å². The molecule has 0 saturated carbocycles. The molecular weight excluding hydrogens is 392 g/mol. The molecule has 1 amide bonds. The minimum absolute atomic E-state index is 0.0687. The van der Waals surface area contributed by atoms with E-state index < -0.39 is 0 Å². The van der Waals surface area contributed by atoms with Crippen LogP contribution in [0.5, 0.6) is 0 Å². The number of amides is 1. The SMILES string of the molecule is CCCN(Cc1cccn1Cc1ccccc1Cl)C(=O)c1cccc2ccccc12. The topological polar surface area (TPSA) is 25.2 Å². The molecule has 0 N–H and O–H groups in total. The fourth-order valence-corrected chi connectivity index (χ4v) is 4.05. The number of benzene rings is 3. The lowest BCUT2D eigenvalue weighted by Crippen LogP contribution is -2.32. The van der Waals surface area contributed by atoms with Crippen molar-refractivity contribution in [2.24, 2.45) is 0 Å². The molecule has 1 aromatic heterocycles. The highest BCUT2D eigenvalue weighted by Crippen LogP contribution is 2.22. The van der Waals surface area contributed by atoms with E-state index in [2.05, 4.69) is 17.6 Å². The summed E-state index contributed by atoms with van der Waals surface area (Å²) in [5, 5.41) is 2.84. The molecule has 1 heterocycles.